The van der Waals surface area contributed by atoms with Gasteiger partial charge in [0.1, 0.15) is 17.4 Å². The predicted molar refractivity (Wildman–Crippen MR) is 53.0 cm³/mol. The Morgan fingerprint density at radius 3 is 2.60 bits per heavy atom. The monoisotopic (exact) mass is 206 g/mol. The lowest BCUT2D eigenvalue weighted by molar-refractivity contribution is -0.137. The van der Waals surface area contributed by atoms with E-state index in [9.17, 15) is 15.0 Å². The van der Waals surface area contributed by atoms with Crippen LogP contribution in [0.2, 0.25) is 0 Å². The molecular formula is C11H10O4. The average molecular weight is 206 g/mol. The highest BCUT2D eigenvalue weighted by Gasteiger charge is 2.27. The van der Waals surface area contributed by atoms with Crippen molar-refractivity contribution in [2.75, 3.05) is 0 Å². The predicted octanol–water partition coefficient (Wildman–Crippen LogP) is 1.38. The Bertz CT molecular complexity index is 448. The van der Waals surface area contributed by atoms with Crippen molar-refractivity contribution in [1.82, 2.24) is 0 Å². The van der Waals surface area contributed by atoms with Crippen LogP contribution < -0.4 is 0 Å². The first-order valence-corrected chi connectivity index (χ1v) is 4.54. The van der Waals surface area contributed by atoms with Crippen LogP contribution in [-0.2, 0) is 11.2 Å². The molecule has 1 unspecified atom stereocenters. The molecule has 78 valence electrons. The van der Waals surface area contributed by atoms with Gasteiger partial charge in [0.15, 0.2) is 0 Å². The third kappa shape index (κ3) is 1.44. The number of phenolic OH excluding ortho intramolecular Hbond substituents is 2. The number of hydrogen-bond acceptors (Lipinski definition) is 3. The molecule has 0 amide bonds. The molecule has 0 spiro atoms. The molecule has 4 heteroatoms. The maximum Gasteiger partial charge on any atom is 0.315 e. The maximum atomic E-state index is 10.9. The van der Waals surface area contributed by atoms with Gasteiger partial charge < -0.3 is 15.3 Å². The van der Waals surface area contributed by atoms with Crippen molar-refractivity contribution in [2.45, 2.75) is 12.3 Å². The third-order valence-corrected chi connectivity index (χ3v) is 2.54. The summed E-state index contributed by atoms with van der Waals surface area (Å²) in [4.78, 5) is 10.9. The SMILES string of the molecule is O=C(O)C1C=CCc2c(O)ccc(O)c21. The Kier molecular flexibility index (Phi) is 2.11. The highest BCUT2D eigenvalue weighted by atomic mass is 16.4. The van der Waals surface area contributed by atoms with Crippen LogP contribution >= 0.6 is 0 Å². The van der Waals surface area contributed by atoms with E-state index in [0.29, 0.717) is 17.5 Å². The molecule has 1 aromatic carbocycles. The number of hydrogen-bond donors (Lipinski definition) is 3. The molecule has 1 aliphatic carbocycles. The second-order valence-electron chi connectivity index (χ2n) is 3.44. The Morgan fingerprint density at radius 1 is 1.27 bits per heavy atom. The average Bonchev–Trinajstić information content (AvgIpc) is 2.23. The Labute approximate surface area is 86.1 Å². The molecule has 0 fully saturated rings. The molecule has 0 heterocycles. The van der Waals surface area contributed by atoms with E-state index in [1.807, 2.05) is 0 Å². The number of benzene rings is 1. The van der Waals surface area contributed by atoms with Gasteiger partial charge in [-0.05, 0) is 18.6 Å². The number of carbonyl (C=O) groups is 1. The molecule has 1 aliphatic rings. The van der Waals surface area contributed by atoms with Crippen molar-refractivity contribution in [3.8, 4) is 11.5 Å². The van der Waals surface area contributed by atoms with Crippen LogP contribution in [-0.4, -0.2) is 21.3 Å². The van der Waals surface area contributed by atoms with Crippen molar-refractivity contribution in [3.63, 3.8) is 0 Å². The van der Waals surface area contributed by atoms with Crippen molar-refractivity contribution < 1.29 is 20.1 Å². The largest absolute Gasteiger partial charge is 0.508 e. The van der Waals surface area contributed by atoms with Crippen LogP contribution in [0.25, 0.3) is 0 Å². The summed E-state index contributed by atoms with van der Waals surface area (Å²) in [5.41, 5.74) is 0.787. The van der Waals surface area contributed by atoms with Gasteiger partial charge in [0.25, 0.3) is 0 Å². The van der Waals surface area contributed by atoms with Gasteiger partial charge >= 0.3 is 5.97 Å². The summed E-state index contributed by atoms with van der Waals surface area (Å²) in [5, 5.41) is 28.1. The Morgan fingerprint density at radius 2 is 1.93 bits per heavy atom. The molecule has 2 rings (SSSR count). The second-order valence-corrected chi connectivity index (χ2v) is 3.44. The molecule has 15 heavy (non-hydrogen) atoms. The van der Waals surface area contributed by atoms with Crippen LogP contribution in [0, 0.1) is 0 Å². The summed E-state index contributed by atoms with van der Waals surface area (Å²) < 4.78 is 0. The van der Waals surface area contributed by atoms with Crippen LogP contribution in [0.3, 0.4) is 0 Å². The van der Waals surface area contributed by atoms with Crippen LogP contribution in [0.15, 0.2) is 24.3 Å². The number of carboxylic acid groups (broad SMARTS) is 1. The lowest BCUT2D eigenvalue weighted by Gasteiger charge is -2.19. The highest BCUT2D eigenvalue weighted by Crippen LogP contribution is 2.38. The van der Waals surface area contributed by atoms with E-state index in [1.54, 1.807) is 6.08 Å². The van der Waals surface area contributed by atoms with E-state index in [0.717, 1.165) is 0 Å². The van der Waals surface area contributed by atoms with E-state index in [4.69, 9.17) is 5.11 Å². The van der Waals surface area contributed by atoms with E-state index >= 15 is 0 Å². The molecule has 4 nitrogen and oxygen atoms in total. The number of rotatable bonds is 1. The lowest BCUT2D eigenvalue weighted by Crippen LogP contribution is -2.14. The second kappa shape index (κ2) is 3.31. The fraction of sp³-hybridized carbons (Fsp3) is 0.182. The number of aromatic hydroxyl groups is 2. The van der Waals surface area contributed by atoms with Gasteiger partial charge in [-0.2, -0.15) is 0 Å². The molecular weight excluding hydrogens is 196 g/mol. The summed E-state index contributed by atoms with van der Waals surface area (Å²) in [6.07, 6.45) is 3.64. The molecule has 0 aliphatic heterocycles. The fourth-order valence-electron chi connectivity index (χ4n) is 1.83. The van der Waals surface area contributed by atoms with Gasteiger partial charge in [-0.3, -0.25) is 4.79 Å². The van der Waals surface area contributed by atoms with E-state index in [2.05, 4.69) is 0 Å². The Balaban J connectivity index is 2.64. The van der Waals surface area contributed by atoms with Gasteiger partial charge in [0.2, 0.25) is 0 Å². The summed E-state index contributed by atoms with van der Waals surface area (Å²) >= 11 is 0. The van der Waals surface area contributed by atoms with Crippen molar-refractivity contribution in [2.24, 2.45) is 0 Å². The van der Waals surface area contributed by atoms with E-state index in [-0.39, 0.29) is 11.5 Å². The van der Waals surface area contributed by atoms with Gasteiger partial charge in [-0.25, -0.2) is 0 Å². The summed E-state index contributed by atoms with van der Waals surface area (Å²) in [6, 6.07) is 2.68. The summed E-state index contributed by atoms with van der Waals surface area (Å²) in [5.74, 6) is -1.97. The zero-order valence-electron chi connectivity index (χ0n) is 7.84. The van der Waals surface area contributed by atoms with Crippen molar-refractivity contribution in [3.05, 3.63) is 35.4 Å². The van der Waals surface area contributed by atoms with Crippen LogP contribution in [0.4, 0.5) is 0 Å². The quantitative estimate of drug-likeness (QED) is 0.479. The molecule has 0 saturated heterocycles. The first-order chi connectivity index (χ1) is 7.11. The van der Waals surface area contributed by atoms with Crippen LogP contribution in [0.1, 0.15) is 17.0 Å². The molecule has 0 aromatic heterocycles. The minimum atomic E-state index is -1.03. The normalized spacial score (nSPS) is 18.5. The summed E-state index contributed by atoms with van der Waals surface area (Å²) in [7, 11) is 0. The fourth-order valence-corrected chi connectivity index (χ4v) is 1.83. The molecule has 0 bridgehead atoms. The lowest BCUT2D eigenvalue weighted by atomic mass is 9.86. The highest BCUT2D eigenvalue weighted by molar-refractivity contribution is 5.81. The maximum absolute atomic E-state index is 10.9. The Hall–Kier alpha value is -1.97. The van der Waals surface area contributed by atoms with Crippen LogP contribution in [0.5, 0.6) is 11.5 Å². The molecule has 1 aromatic rings. The minimum Gasteiger partial charge on any atom is -0.508 e. The first kappa shape index (κ1) is 9.58. The van der Waals surface area contributed by atoms with Crippen molar-refractivity contribution >= 4 is 5.97 Å². The standard InChI is InChI=1S/C11H10O4/c12-8-4-5-9(13)10-6(8)2-1-3-7(10)11(14)15/h1,3-5,7,12-13H,2H2,(H,14,15). The molecule has 0 saturated carbocycles. The minimum absolute atomic E-state index is 0.0263. The number of fused-ring (bicyclic) bond motifs is 1. The van der Waals surface area contributed by atoms with E-state index in [1.165, 1.54) is 18.2 Å². The number of phenols is 2. The van der Waals surface area contributed by atoms with Gasteiger partial charge in [0, 0.05) is 11.1 Å². The van der Waals surface area contributed by atoms with Gasteiger partial charge in [-0.15, -0.1) is 0 Å². The number of carboxylic acids is 1. The van der Waals surface area contributed by atoms with Crippen molar-refractivity contribution in [1.29, 1.82) is 0 Å². The summed E-state index contributed by atoms with van der Waals surface area (Å²) in [6.45, 7) is 0. The topological polar surface area (TPSA) is 77.8 Å². The van der Waals surface area contributed by atoms with Gasteiger partial charge in [-0.1, -0.05) is 12.2 Å². The molecule has 1 atom stereocenters. The van der Waals surface area contributed by atoms with Gasteiger partial charge in [0.05, 0.1) is 0 Å². The zero-order chi connectivity index (χ0) is 11.0. The zero-order valence-corrected chi connectivity index (χ0v) is 7.84. The molecule has 3 N–H and O–H groups in total. The number of aliphatic carboxylic acids is 1. The first-order valence-electron chi connectivity index (χ1n) is 4.54. The molecule has 0 radical (unpaired) electrons. The third-order valence-electron chi connectivity index (χ3n) is 2.54. The number of allylic oxidation sites excluding steroid dienone is 1. The smallest absolute Gasteiger partial charge is 0.315 e. The van der Waals surface area contributed by atoms with E-state index < -0.39 is 11.9 Å².